The van der Waals surface area contributed by atoms with Crippen LogP contribution in [-0.4, -0.2) is 83.8 Å². The molecule has 4 atom stereocenters. The number of carboxylic acid groups (broad SMARTS) is 1. The third-order valence-electron chi connectivity index (χ3n) is 7.44. The zero-order chi connectivity index (χ0) is 33.1. The summed E-state index contributed by atoms with van der Waals surface area (Å²) in [6, 6.07) is 11.3. The van der Waals surface area contributed by atoms with Crippen molar-refractivity contribution >= 4 is 18.4 Å². The maximum absolute atomic E-state index is 11.1. The van der Waals surface area contributed by atoms with Crippen LogP contribution in [-0.2, 0) is 51.4 Å². The van der Waals surface area contributed by atoms with Crippen molar-refractivity contribution in [2.75, 3.05) is 20.3 Å². The molecule has 0 spiro atoms. The number of phenols is 2. The van der Waals surface area contributed by atoms with Crippen molar-refractivity contribution in [3.05, 3.63) is 58.7 Å². The number of aromatic hydroxyl groups is 2. The van der Waals surface area contributed by atoms with Crippen LogP contribution in [0.25, 0.3) is 0 Å². The van der Waals surface area contributed by atoms with Crippen molar-refractivity contribution in [1.29, 1.82) is 0 Å². The second-order valence-corrected chi connectivity index (χ2v) is 13.7. The second kappa shape index (κ2) is 14.7. The van der Waals surface area contributed by atoms with Gasteiger partial charge >= 0.3 is 0 Å². The number of methoxy groups -OCH3 is 1. The number of hydrogen-bond acceptors (Lipinski definition) is 9. The largest absolute Gasteiger partial charge is 0.507 e. The number of benzene rings is 2. The van der Waals surface area contributed by atoms with Gasteiger partial charge in [-0.1, -0.05) is 65.8 Å². The van der Waals surface area contributed by atoms with Crippen molar-refractivity contribution in [1.82, 2.24) is 0 Å². The fourth-order valence-corrected chi connectivity index (χ4v) is 5.41. The average molecular weight is 672 g/mol. The first-order valence-electron chi connectivity index (χ1n) is 14.7. The molecular weight excluding hydrogens is 623 g/mol. The fourth-order valence-electron chi connectivity index (χ4n) is 5.41. The molecule has 0 saturated carbocycles. The van der Waals surface area contributed by atoms with E-state index in [0.29, 0.717) is 11.1 Å². The molecule has 3 N–H and O–H groups in total. The number of aliphatic carboxylic acids is 1. The molecule has 2 fully saturated rings. The van der Waals surface area contributed by atoms with Crippen LogP contribution in [0.15, 0.2) is 46.4 Å². The van der Waals surface area contributed by atoms with E-state index in [9.17, 15) is 10.2 Å². The van der Waals surface area contributed by atoms with Gasteiger partial charge in [0.2, 0.25) is 5.72 Å². The third kappa shape index (κ3) is 9.37. The fraction of sp³-hybridized carbons (Fsp3) is 0.559. The zero-order valence-corrected chi connectivity index (χ0v) is 28.9. The second-order valence-electron chi connectivity index (χ2n) is 13.7. The molecule has 0 amide bonds. The first kappa shape index (κ1) is 38.4. The minimum Gasteiger partial charge on any atom is -0.507 e. The van der Waals surface area contributed by atoms with Gasteiger partial charge in [-0.3, -0.25) is 14.8 Å². The maximum Gasteiger partial charge on any atom is 0.300 e. The molecule has 2 heterocycles. The molecule has 2 aliphatic rings. The Kier molecular flexibility index (Phi) is 12.6. The van der Waals surface area contributed by atoms with Gasteiger partial charge < -0.3 is 34.3 Å². The van der Waals surface area contributed by atoms with Crippen molar-refractivity contribution in [2.45, 2.75) is 103 Å². The van der Waals surface area contributed by atoms with Crippen molar-refractivity contribution in [2.24, 2.45) is 9.98 Å². The van der Waals surface area contributed by atoms with E-state index in [2.05, 4.69) is 20.8 Å². The van der Waals surface area contributed by atoms with Gasteiger partial charge in [-0.25, -0.2) is 0 Å². The van der Waals surface area contributed by atoms with Crippen LogP contribution in [0.3, 0.4) is 0 Å². The Morgan fingerprint density at radius 3 is 1.91 bits per heavy atom. The molecule has 251 valence electrons. The standard InChI is InChI=1S/C32H44N2O6.C2H4O2.Co/c1-29(2,3)22-14-10-12-20(25(22)35)16-33-19-32(28(37-9)27-24(18-38-32)39-31(7,8)40-27)34-17-21-13-11-15-23(26(21)36)30(4,5)6;1-2(3)4;/h10-17,24,27-28,35-36H,18-19H2,1-9H3;1H3,(H,3,4);/b33-16?,34-17+;;/t24-,27?,28?,32?;;/m0../s1. The Labute approximate surface area is 277 Å². The van der Waals surface area contributed by atoms with Gasteiger partial charge in [-0.15, -0.1) is 0 Å². The number of nitrogens with zero attached hydrogens (tertiary/aromatic N) is 2. The monoisotopic (exact) mass is 671 g/mol. The van der Waals surface area contributed by atoms with Crippen molar-refractivity contribution < 1.29 is 55.8 Å². The molecule has 2 saturated heterocycles. The van der Waals surface area contributed by atoms with E-state index >= 15 is 0 Å². The van der Waals surface area contributed by atoms with Crippen LogP contribution >= 0.6 is 0 Å². The van der Waals surface area contributed by atoms with E-state index < -0.39 is 29.7 Å². The molecule has 2 aliphatic heterocycles. The summed E-state index contributed by atoms with van der Waals surface area (Å²) >= 11 is 0. The normalized spacial score (nSPS) is 24.5. The first-order chi connectivity index (χ1) is 20.3. The molecule has 4 rings (SSSR count). The molecule has 0 bridgehead atoms. The zero-order valence-electron chi connectivity index (χ0n) is 27.9. The summed E-state index contributed by atoms with van der Waals surface area (Å²) < 4.78 is 24.7. The quantitative estimate of drug-likeness (QED) is 0.339. The van der Waals surface area contributed by atoms with Gasteiger partial charge in [-0.2, -0.15) is 0 Å². The predicted octanol–water partition coefficient (Wildman–Crippen LogP) is 5.58. The van der Waals surface area contributed by atoms with E-state index in [1.165, 1.54) is 0 Å². The smallest absolute Gasteiger partial charge is 0.300 e. The van der Waals surface area contributed by atoms with Crippen molar-refractivity contribution in [3.8, 4) is 11.5 Å². The number of fused-ring (bicyclic) bond motifs is 1. The molecule has 45 heavy (non-hydrogen) atoms. The molecule has 0 aliphatic carbocycles. The number of para-hydroxylation sites is 2. The SMILES string of the molecule is CC(=O)O.COC1C2OC(C)(C)O[C@H]2COC1(CN=Cc1cccc(C(C)(C)C)c1O)/N=C/c1cccc(C(C)(C)C)c1O.[Co]. The summed E-state index contributed by atoms with van der Waals surface area (Å²) in [5.41, 5.74) is 1.09. The molecule has 2 aromatic rings. The van der Waals surface area contributed by atoms with E-state index in [4.69, 9.17) is 38.8 Å². The molecule has 0 aromatic heterocycles. The molecule has 1 radical (unpaired) electrons. The van der Waals surface area contributed by atoms with Gasteiger partial charge in [0.25, 0.3) is 5.97 Å². The molecule has 2 aromatic carbocycles. The van der Waals surface area contributed by atoms with Crippen LogP contribution in [0.5, 0.6) is 11.5 Å². The Bertz CT molecular complexity index is 1380. The Morgan fingerprint density at radius 1 is 0.956 bits per heavy atom. The van der Waals surface area contributed by atoms with Gasteiger partial charge in [0, 0.05) is 54.4 Å². The molecular formula is C34H48CoN2O8. The number of carbonyl (C=O) groups is 1. The summed E-state index contributed by atoms with van der Waals surface area (Å²) in [4.78, 5) is 18.6. The van der Waals surface area contributed by atoms with E-state index in [1.807, 2.05) is 71.0 Å². The molecule has 10 nitrogen and oxygen atoms in total. The van der Waals surface area contributed by atoms with Crippen LogP contribution in [0, 0.1) is 0 Å². The Hall–Kier alpha value is -2.80. The van der Waals surface area contributed by atoms with Gasteiger partial charge in [-0.05, 0) is 47.9 Å². The van der Waals surface area contributed by atoms with Gasteiger partial charge in [0.1, 0.15) is 29.8 Å². The predicted molar refractivity (Wildman–Crippen MR) is 170 cm³/mol. The average Bonchev–Trinajstić information content (AvgIpc) is 3.21. The van der Waals surface area contributed by atoms with E-state index in [1.54, 1.807) is 19.5 Å². The first-order valence-corrected chi connectivity index (χ1v) is 14.7. The number of hydrogen-bond donors (Lipinski definition) is 3. The molecule has 11 heteroatoms. The summed E-state index contributed by atoms with van der Waals surface area (Å²) in [6.45, 7) is 17.4. The van der Waals surface area contributed by atoms with Gasteiger partial charge in [0.05, 0.1) is 13.2 Å². The van der Waals surface area contributed by atoms with Gasteiger partial charge in [0.15, 0.2) is 5.79 Å². The van der Waals surface area contributed by atoms with Crippen LogP contribution < -0.4 is 0 Å². The number of phenolic OH excluding ortho intramolecular Hbond substituents is 2. The van der Waals surface area contributed by atoms with Crippen molar-refractivity contribution in [3.63, 3.8) is 0 Å². The molecule has 3 unspecified atom stereocenters. The van der Waals surface area contributed by atoms with Crippen LogP contribution in [0.2, 0.25) is 0 Å². The number of carboxylic acids is 1. The summed E-state index contributed by atoms with van der Waals surface area (Å²) in [5.74, 6) is -1.26. The number of ether oxygens (including phenoxy) is 4. The summed E-state index contributed by atoms with van der Waals surface area (Å²) in [6.07, 6.45) is 1.84. The Balaban J connectivity index is 0.00000133. The minimum atomic E-state index is -1.27. The number of rotatable bonds is 6. The third-order valence-corrected chi connectivity index (χ3v) is 7.44. The number of aliphatic imine (C=N–C) groups is 2. The van der Waals surface area contributed by atoms with Crippen LogP contribution in [0.4, 0.5) is 0 Å². The summed E-state index contributed by atoms with van der Waals surface area (Å²) in [5, 5.41) is 29.4. The van der Waals surface area contributed by atoms with Crippen LogP contribution in [0.1, 0.15) is 84.6 Å². The van der Waals surface area contributed by atoms with E-state index in [0.717, 1.165) is 18.1 Å². The summed E-state index contributed by atoms with van der Waals surface area (Å²) in [7, 11) is 1.59. The van der Waals surface area contributed by atoms with E-state index in [-0.39, 0.29) is 58.4 Å². The topological polar surface area (TPSA) is 139 Å². The maximum atomic E-state index is 11.1. The minimum absolute atomic E-state index is 0. The Morgan fingerprint density at radius 2 is 1.44 bits per heavy atom.